The first-order valence-corrected chi connectivity index (χ1v) is 9.42. The Balaban J connectivity index is 1.42. The summed E-state index contributed by atoms with van der Waals surface area (Å²) in [5.41, 5.74) is 6.78. The van der Waals surface area contributed by atoms with E-state index in [2.05, 4.69) is 30.3 Å². The Morgan fingerprint density at radius 3 is 2.69 bits per heavy atom. The van der Waals surface area contributed by atoms with Gasteiger partial charge in [0.25, 0.3) is 0 Å². The Kier molecular flexibility index (Phi) is 4.92. The lowest BCUT2D eigenvalue weighted by molar-refractivity contribution is 0.225. The van der Waals surface area contributed by atoms with E-state index >= 15 is 0 Å². The lowest BCUT2D eigenvalue weighted by atomic mass is 10.1. The van der Waals surface area contributed by atoms with Gasteiger partial charge in [-0.25, -0.2) is 9.49 Å². The molecule has 0 aliphatic carbocycles. The van der Waals surface area contributed by atoms with Gasteiger partial charge in [0.15, 0.2) is 0 Å². The number of nitrogens with one attached hydrogen (secondary N) is 2. The Morgan fingerprint density at radius 1 is 1.12 bits per heavy atom. The van der Waals surface area contributed by atoms with E-state index < -0.39 is 0 Å². The molecule has 140 valence electrons. The molecule has 8 heteroatoms. The minimum Gasteiger partial charge on any atom is -0.369 e. The molecule has 1 atom stereocenters. The van der Waals surface area contributed by atoms with Crippen molar-refractivity contribution in [3.8, 4) is 0 Å². The summed E-state index contributed by atoms with van der Waals surface area (Å²) in [6.07, 6.45) is 6.07. The second-order valence-electron chi connectivity index (χ2n) is 7.15. The molecule has 2 aromatic rings. The second kappa shape index (κ2) is 7.49. The van der Waals surface area contributed by atoms with Gasteiger partial charge < -0.3 is 20.9 Å². The number of rotatable bonds is 4. The molecule has 0 saturated carbocycles. The largest absolute Gasteiger partial charge is 0.369 e. The maximum atomic E-state index is 14.7. The van der Waals surface area contributed by atoms with Crippen LogP contribution in [0.15, 0.2) is 18.2 Å². The van der Waals surface area contributed by atoms with Gasteiger partial charge in [-0.05, 0) is 63.4 Å². The summed E-state index contributed by atoms with van der Waals surface area (Å²) < 4.78 is 14.7. The minimum atomic E-state index is -0.224. The van der Waals surface area contributed by atoms with Gasteiger partial charge in [0, 0.05) is 24.8 Å². The van der Waals surface area contributed by atoms with Crippen LogP contribution in [0.3, 0.4) is 0 Å². The highest BCUT2D eigenvalue weighted by atomic mass is 19.1. The quantitative estimate of drug-likeness (QED) is 0.778. The van der Waals surface area contributed by atoms with Crippen molar-refractivity contribution in [1.29, 1.82) is 0 Å². The van der Waals surface area contributed by atoms with Gasteiger partial charge in [0.1, 0.15) is 5.82 Å². The number of nitrogen functional groups attached to an aromatic ring is 1. The lowest BCUT2D eigenvalue weighted by Crippen LogP contribution is -2.34. The zero-order valence-corrected chi connectivity index (χ0v) is 14.9. The first-order valence-electron chi connectivity index (χ1n) is 9.42. The molecule has 1 unspecified atom stereocenters. The maximum Gasteiger partial charge on any atom is 0.248 e. The summed E-state index contributed by atoms with van der Waals surface area (Å²) in [6, 6.07) is 5.84. The van der Waals surface area contributed by atoms with Gasteiger partial charge in [-0.1, -0.05) is 0 Å². The number of H-pyrrole nitrogens is 1. The van der Waals surface area contributed by atoms with Crippen LogP contribution in [0.25, 0.3) is 0 Å². The molecule has 2 aliphatic rings. The summed E-state index contributed by atoms with van der Waals surface area (Å²) in [4.78, 5) is 8.77. The summed E-state index contributed by atoms with van der Waals surface area (Å²) >= 11 is 0. The van der Waals surface area contributed by atoms with Gasteiger partial charge in [0.05, 0.1) is 5.69 Å². The maximum absolute atomic E-state index is 14.7. The summed E-state index contributed by atoms with van der Waals surface area (Å²) in [7, 11) is 0. The zero-order valence-electron chi connectivity index (χ0n) is 14.9. The number of likely N-dealkylation sites (tertiary alicyclic amines) is 1. The second-order valence-corrected chi connectivity index (χ2v) is 7.15. The molecule has 7 nitrogen and oxygen atoms in total. The highest BCUT2D eigenvalue weighted by molar-refractivity contribution is 5.60. The third-order valence-electron chi connectivity index (χ3n) is 5.40. The Hall–Kier alpha value is -2.35. The number of hydrogen-bond donors (Lipinski definition) is 3. The number of aromatic nitrogens is 3. The predicted molar refractivity (Wildman–Crippen MR) is 101 cm³/mol. The molecule has 26 heavy (non-hydrogen) atoms. The smallest absolute Gasteiger partial charge is 0.248 e. The fourth-order valence-electron chi connectivity index (χ4n) is 4.09. The SMILES string of the molecule is Nc1nc(Nc2ccc(N3CCCC(N4CCCC4)CC3)c(F)c2)n[nH]1. The summed E-state index contributed by atoms with van der Waals surface area (Å²) in [6.45, 7) is 4.27. The van der Waals surface area contributed by atoms with Crippen LogP contribution in [-0.2, 0) is 0 Å². The normalized spacial score (nSPS) is 21.7. The standard InChI is InChI=1S/C18H26FN7/c19-15-12-13(21-18-22-17(20)23-24-18)5-6-16(15)26-10-3-4-14(7-11-26)25-8-1-2-9-25/h5-6,12,14H,1-4,7-11H2,(H4,20,21,22,23,24). The number of hydrogen-bond acceptors (Lipinski definition) is 6. The number of halogens is 1. The Labute approximate surface area is 152 Å². The molecular weight excluding hydrogens is 333 g/mol. The van der Waals surface area contributed by atoms with Crippen molar-refractivity contribution in [3.05, 3.63) is 24.0 Å². The van der Waals surface area contributed by atoms with Crippen LogP contribution >= 0.6 is 0 Å². The van der Waals surface area contributed by atoms with Crippen LogP contribution < -0.4 is 16.0 Å². The van der Waals surface area contributed by atoms with Gasteiger partial charge in [0.2, 0.25) is 11.9 Å². The number of anilines is 4. The molecule has 2 fully saturated rings. The van der Waals surface area contributed by atoms with Crippen LogP contribution in [0, 0.1) is 5.82 Å². The van der Waals surface area contributed by atoms with Crippen molar-refractivity contribution in [2.75, 3.05) is 42.1 Å². The van der Waals surface area contributed by atoms with Gasteiger partial charge in [-0.15, -0.1) is 5.10 Å². The molecule has 4 rings (SSSR count). The molecule has 0 spiro atoms. The minimum absolute atomic E-state index is 0.224. The van der Waals surface area contributed by atoms with Crippen molar-refractivity contribution < 1.29 is 4.39 Å². The third-order valence-corrected chi connectivity index (χ3v) is 5.40. The lowest BCUT2D eigenvalue weighted by Gasteiger charge is -2.27. The molecule has 0 bridgehead atoms. The van der Waals surface area contributed by atoms with Crippen LogP contribution in [0.1, 0.15) is 32.1 Å². The van der Waals surface area contributed by atoms with E-state index in [1.807, 2.05) is 12.1 Å². The van der Waals surface area contributed by atoms with E-state index in [4.69, 9.17) is 5.73 Å². The molecule has 4 N–H and O–H groups in total. The van der Waals surface area contributed by atoms with E-state index in [9.17, 15) is 4.39 Å². The van der Waals surface area contributed by atoms with E-state index in [1.165, 1.54) is 38.4 Å². The average molecular weight is 359 g/mol. The van der Waals surface area contributed by atoms with Crippen molar-refractivity contribution in [3.63, 3.8) is 0 Å². The number of aromatic amines is 1. The number of benzene rings is 1. The molecule has 0 amide bonds. The predicted octanol–water partition coefficient (Wildman–Crippen LogP) is 2.72. The highest BCUT2D eigenvalue weighted by Crippen LogP contribution is 2.28. The van der Waals surface area contributed by atoms with Crippen LogP contribution in [0.4, 0.5) is 27.7 Å². The molecule has 2 aliphatic heterocycles. The topological polar surface area (TPSA) is 86.1 Å². The highest BCUT2D eigenvalue weighted by Gasteiger charge is 2.25. The fourth-order valence-corrected chi connectivity index (χ4v) is 4.09. The third kappa shape index (κ3) is 3.75. The summed E-state index contributed by atoms with van der Waals surface area (Å²) in [5.74, 6) is 0.331. The number of nitrogens with zero attached hydrogens (tertiary/aromatic N) is 4. The van der Waals surface area contributed by atoms with E-state index in [0.717, 1.165) is 25.9 Å². The Morgan fingerprint density at radius 2 is 1.96 bits per heavy atom. The summed E-state index contributed by atoms with van der Waals surface area (Å²) in [5, 5.41) is 9.40. The van der Waals surface area contributed by atoms with Crippen molar-refractivity contribution in [2.45, 2.75) is 38.1 Å². The van der Waals surface area contributed by atoms with Gasteiger partial charge >= 0.3 is 0 Å². The Bertz CT molecular complexity index is 741. The van der Waals surface area contributed by atoms with Crippen LogP contribution in [-0.4, -0.2) is 52.3 Å². The van der Waals surface area contributed by atoms with E-state index in [1.54, 1.807) is 0 Å². The molecule has 2 saturated heterocycles. The van der Waals surface area contributed by atoms with Crippen molar-refractivity contribution in [1.82, 2.24) is 20.1 Å². The molecule has 1 aromatic heterocycles. The van der Waals surface area contributed by atoms with Gasteiger partial charge in [-0.2, -0.15) is 4.98 Å². The van der Waals surface area contributed by atoms with E-state index in [0.29, 0.717) is 23.4 Å². The first-order chi connectivity index (χ1) is 12.7. The zero-order chi connectivity index (χ0) is 17.9. The average Bonchev–Trinajstić information content (AvgIpc) is 3.23. The molecular formula is C18H26FN7. The first kappa shape index (κ1) is 17.1. The number of nitrogens with two attached hydrogens (primary N) is 1. The van der Waals surface area contributed by atoms with E-state index in [-0.39, 0.29) is 11.8 Å². The molecule has 3 heterocycles. The molecule has 0 radical (unpaired) electrons. The van der Waals surface area contributed by atoms with Crippen molar-refractivity contribution >= 4 is 23.3 Å². The molecule has 1 aromatic carbocycles. The van der Waals surface area contributed by atoms with Crippen LogP contribution in [0.2, 0.25) is 0 Å². The van der Waals surface area contributed by atoms with Crippen LogP contribution in [0.5, 0.6) is 0 Å². The fraction of sp³-hybridized carbons (Fsp3) is 0.556. The van der Waals surface area contributed by atoms with Crippen molar-refractivity contribution in [2.24, 2.45) is 0 Å². The van der Waals surface area contributed by atoms with Gasteiger partial charge in [-0.3, -0.25) is 0 Å². The monoisotopic (exact) mass is 359 g/mol.